The highest BCUT2D eigenvalue weighted by atomic mass is 79.9. The number of allylic oxidation sites excluding steroid dienone is 2. The minimum absolute atomic E-state index is 0.0882. The number of nitrogens with one attached hydrogen (secondary N) is 1. The van der Waals surface area contributed by atoms with Gasteiger partial charge in [-0.1, -0.05) is 66.7 Å². The number of halogens is 1. The van der Waals surface area contributed by atoms with E-state index in [-0.39, 0.29) is 5.78 Å². The second-order valence-corrected chi connectivity index (χ2v) is 10.3. The van der Waals surface area contributed by atoms with Gasteiger partial charge in [-0.25, -0.2) is 4.79 Å². The molecule has 4 aromatic carbocycles. The first-order valence-electron chi connectivity index (χ1n) is 12.3. The van der Waals surface area contributed by atoms with Crippen LogP contribution in [0.15, 0.2) is 106 Å². The lowest BCUT2D eigenvalue weighted by Crippen LogP contribution is -2.29. The Morgan fingerprint density at radius 2 is 1.66 bits per heavy atom. The maximum absolute atomic E-state index is 13.6. The number of ketones is 1. The van der Waals surface area contributed by atoms with Crippen LogP contribution in [0.2, 0.25) is 0 Å². The standard InChI is InChI=1S/C32H24BrNO4/c1-18-27(32(36)37-2)28(29-30(34-18)23-9-5-6-10-24(23)31(29)35)22-13-14-26(25(33)16-22)38-17-19-11-12-20-7-3-4-8-21(20)15-19/h3-16,28,34H,17H2,1-2H3/t28-/m0/s1. The fraction of sp³-hybridized carbons (Fsp3) is 0.125. The van der Waals surface area contributed by atoms with Gasteiger partial charge in [-0.3, -0.25) is 4.79 Å². The second-order valence-electron chi connectivity index (χ2n) is 9.41. The third kappa shape index (κ3) is 4.02. The molecule has 0 amide bonds. The molecule has 6 rings (SSSR count). The Bertz CT molecular complexity index is 1700. The van der Waals surface area contributed by atoms with Crippen molar-refractivity contribution in [2.24, 2.45) is 0 Å². The molecule has 1 heterocycles. The first-order valence-corrected chi connectivity index (χ1v) is 13.1. The zero-order valence-electron chi connectivity index (χ0n) is 20.9. The monoisotopic (exact) mass is 565 g/mol. The maximum atomic E-state index is 13.6. The average Bonchev–Trinajstić information content (AvgIpc) is 3.22. The quantitative estimate of drug-likeness (QED) is 0.266. The number of fused-ring (bicyclic) bond motifs is 3. The molecule has 1 aliphatic heterocycles. The van der Waals surface area contributed by atoms with Crippen molar-refractivity contribution >= 4 is 44.2 Å². The van der Waals surface area contributed by atoms with Gasteiger partial charge in [0, 0.05) is 28.3 Å². The number of hydrogen-bond acceptors (Lipinski definition) is 5. The Morgan fingerprint density at radius 1 is 0.921 bits per heavy atom. The maximum Gasteiger partial charge on any atom is 0.336 e. The average molecular weight is 566 g/mol. The smallest absolute Gasteiger partial charge is 0.336 e. The number of carbonyl (C=O) groups is 2. The molecule has 6 heteroatoms. The zero-order valence-corrected chi connectivity index (χ0v) is 22.5. The fourth-order valence-electron chi connectivity index (χ4n) is 5.35. The largest absolute Gasteiger partial charge is 0.488 e. The molecule has 0 unspecified atom stereocenters. The minimum atomic E-state index is -0.579. The van der Waals surface area contributed by atoms with E-state index in [1.165, 1.54) is 12.5 Å². The number of hydrogen-bond donors (Lipinski definition) is 1. The molecule has 0 saturated heterocycles. The Hall–Kier alpha value is -4.16. The first-order chi connectivity index (χ1) is 18.5. The van der Waals surface area contributed by atoms with Crippen LogP contribution < -0.4 is 10.1 Å². The Balaban J connectivity index is 1.35. The van der Waals surface area contributed by atoms with Gasteiger partial charge in [0.25, 0.3) is 0 Å². The molecule has 0 saturated carbocycles. The van der Waals surface area contributed by atoms with E-state index in [9.17, 15) is 9.59 Å². The van der Waals surface area contributed by atoms with Crippen molar-refractivity contribution in [1.82, 2.24) is 5.32 Å². The van der Waals surface area contributed by atoms with E-state index >= 15 is 0 Å². The summed E-state index contributed by atoms with van der Waals surface area (Å²) in [7, 11) is 1.36. The summed E-state index contributed by atoms with van der Waals surface area (Å²) < 4.78 is 12.0. The summed E-state index contributed by atoms with van der Waals surface area (Å²) in [5.74, 6) is -0.464. The number of ether oxygens (including phenoxy) is 2. The van der Waals surface area contributed by atoms with Crippen molar-refractivity contribution in [3.8, 4) is 5.75 Å². The van der Waals surface area contributed by atoms with Crippen LogP contribution in [0.3, 0.4) is 0 Å². The van der Waals surface area contributed by atoms with E-state index in [0.29, 0.717) is 34.8 Å². The first kappa shape index (κ1) is 24.2. The summed E-state index contributed by atoms with van der Waals surface area (Å²) >= 11 is 3.66. The molecule has 1 atom stereocenters. The molecule has 1 aliphatic carbocycles. The lowest BCUT2D eigenvalue weighted by atomic mass is 9.80. The molecule has 2 aliphatic rings. The van der Waals surface area contributed by atoms with Crippen molar-refractivity contribution in [2.45, 2.75) is 19.4 Å². The molecular weight excluding hydrogens is 542 g/mol. The van der Waals surface area contributed by atoms with Crippen LogP contribution in [0.4, 0.5) is 0 Å². The summed E-state index contributed by atoms with van der Waals surface area (Å²) in [5, 5.41) is 5.66. The van der Waals surface area contributed by atoms with Crippen LogP contribution >= 0.6 is 15.9 Å². The van der Waals surface area contributed by atoms with Gasteiger partial charge in [0.05, 0.1) is 22.9 Å². The van der Waals surface area contributed by atoms with Gasteiger partial charge in [0.15, 0.2) is 5.78 Å². The molecule has 4 aromatic rings. The van der Waals surface area contributed by atoms with E-state index < -0.39 is 11.9 Å². The second kappa shape index (κ2) is 9.62. The lowest BCUT2D eigenvalue weighted by molar-refractivity contribution is -0.136. The van der Waals surface area contributed by atoms with Crippen LogP contribution in [-0.2, 0) is 16.1 Å². The SMILES string of the molecule is COC(=O)C1=C(C)NC2=C(C(=O)c3ccccc32)[C@H]1c1ccc(OCc2ccc3ccccc3c2)c(Br)c1. The van der Waals surface area contributed by atoms with E-state index in [0.717, 1.165) is 32.2 Å². The van der Waals surface area contributed by atoms with Gasteiger partial charge in [0.2, 0.25) is 0 Å². The fourth-order valence-corrected chi connectivity index (χ4v) is 5.86. The summed E-state index contributed by atoms with van der Waals surface area (Å²) in [6.45, 7) is 2.25. The number of benzene rings is 4. The van der Waals surface area contributed by atoms with E-state index in [4.69, 9.17) is 9.47 Å². The molecule has 188 valence electrons. The summed E-state index contributed by atoms with van der Waals surface area (Å²) in [4.78, 5) is 26.5. The van der Waals surface area contributed by atoms with Crippen LogP contribution in [0, 0.1) is 0 Å². The Morgan fingerprint density at radius 3 is 2.42 bits per heavy atom. The van der Waals surface area contributed by atoms with E-state index in [1.807, 2.05) is 61.5 Å². The number of dihydropyridines is 1. The van der Waals surface area contributed by atoms with Gasteiger partial charge >= 0.3 is 5.97 Å². The minimum Gasteiger partial charge on any atom is -0.488 e. The number of rotatable bonds is 5. The Kier molecular flexibility index (Phi) is 6.12. The van der Waals surface area contributed by atoms with Gasteiger partial charge in [-0.15, -0.1) is 0 Å². The molecule has 38 heavy (non-hydrogen) atoms. The van der Waals surface area contributed by atoms with Crippen molar-refractivity contribution in [2.75, 3.05) is 7.11 Å². The van der Waals surface area contributed by atoms with Crippen LogP contribution in [-0.4, -0.2) is 18.9 Å². The number of esters is 1. The van der Waals surface area contributed by atoms with E-state index in [2.05, 4.69) is 51.6 Å². The topological polar surface area (TPSA) is 64.6 Å². The van der Waals surface area contributed by atoms with Gasteiger partial charge < -0.3 is 14.8 Å². The van der Waals surface area contributed by atoms with Crippen LogP contribution in [0.25, 0.3) is 16.5 Å². The van der Waals surface area contributed by atoms with Crippen LogP contribution in [0.1, 0.15) is 39.9 Å². The highest BCUT2D eigenvalue weighted by Crippen LogP contribution is 2.47. The molecule has 0 fully saturated rings. The normalized spacial score (nSPS) is 16.3. The summed E-state index contributed by atoms with van der Waals surface area (Å²) in [6, 6.07) is 27.7. The number of carbonyl (C=O) groups excluding carboxylic acids is 2. The van der Waals surface area contributed by atoms with Gasteiger partial charge in [0.1, 0.15) is 12.4 Å². The number of Topliss-reactive ketones (excluding diaryl/α,β-unsaturated/α-hetero) is 1. The predicted octanol–water partition coefficient (Wildman–Crippen LogP) is 6.92. The third-order valence-corrected chi connectivity index (χ3v) is 7.77. The molecular formula is C32H24BrNO4. The Labute approximate surface area is 228 Å². The molecule has 0 bridgehead atoms. The molecule has 5 nitrogen and oxygen atoms in total. The van der Waals surface area contributed by atoms with Crippen molar-refractivity contribution in [1.29, 1.82) is 0 Å². The summed E-state index contributed by atoms with van der Waals surface area (Å²) in [6.07, 6.45) is 0. The molecule has 0 radical (unpaired) electrons. The molecule has 1 N–H and O–H groups in total. The molecule has 0 spiro atoms. The van der Waals surface area contributed by atoms with Crippen molar-refractivity contribution in [3.05, 3.63) is 128 Å². The van der Waals surface area contributed by atoms with Crippen molar-refractivity contribution < 1.29 is 19.1 Å². The van der Waals surface area contributed by atoms with Gasteiger partial charge in [-0.05, 0) is 63.0 Å². The van der Waals surface area contributed by atoms with Crippen LogP contribution in [0.5, 0.6) is 5.75 Å². The molecule has 0 aromatic heterocycles. The van der Waals surface area contributed by atoms with Gasteiger partial charge in [-0.2, -0.15) is 0 Å². The lowest BCUT2D eigenvalue weighted by Gasteiger charge is -2.29. The number of methoxy groups -OCH3 is 1. The highest BCUT2D eigenvalue weighted by Gasteiger charge is 2.42. The zero-order chi connectivity index (χ0) is 26.4. The van der Waals surface area contributed by atoms with Crippen molar-refractivity contribution in [3.63, 3.8) is 0 Å². The summed E-state index contributed by atoms with van der Waals surface area (Å²) in [5.41, 5.74) is 5.71. The van der Waals surface area contributed by atoms with E-state index in [1.54, 1.807) is 0 Å². The highest BCUT2D eigenvalue weighted by molar-refractivity contribution is 9.10. The predicted molar refractivity (Wildman–Crippen MR) is 151 cm³/mol. The third-order valence-electron chi connectivity index (χ3n) is 7.15.